The van der Waals surface area contributed by atoms with E-state index in [1.807, 2.05) is 0 Å². The topological polar surface area (TPSA) is 37.9 Å². The van der Waals surface area contributed by atoms with E-state index < -0.39 is 0 Å². The number of nitrogens with one attached hydrogen (secondary N) is 1. The van der Waals surface area contributed by atoms with Crippen LogP contribution >= 0.6 is 12.2 Å². The molecule has 16 heavy (non-hydrogen) atoms. The van der Waals surface area contributed by atoms with Gasteiger partial charge >= 0.3 is 0 Å². The van der Waals surface area contributed by atoms with E-state index in [1.165, 1.54) is 25.6 Å². The van der Waals surface area contributed by atoms with Gasteiger partial charge in [-0.25, -0.2) is 9.37 Å². The zero-order chi connectivity index (χ0) is 11.5. The molecule has 0 atom stereocenters. The van der Waals surface area contributed by atoms with Crippen molar-refractivity contribution >= 4 is 12.2 Å². The van der Waals surface area contributed by atoms with E-state index >= 15 is 0 Å². The fourth-order valence-electron chi connectivity index (χ4n) is 1.43. The van der Waals surface area contributed by atoms with Crippen molar-refractivity contribution in [3.8, 4) is 17.0 Å². The van der Waals surface area contributed by atoms with Crippen molar-refractivity contribution in [3.05, 3.63) is 41.1 Å². The molecule has 1 aromatic heterocycles. The van der Waals surface area contributed by atoms with Gasteiger partial charge in [0.15, 0.2) is 10.4 Å². The van der Waals surface area contributed by atoms with Crippen molar-refractivity contribution < 1.29 is 9.13 Å². The summed E-state index contributed by atoms with van der Waals surface area (Å²) in [5.41, 5.74) is 1.30. The molecule has 0 saturated heterocycles. The number of benzene rings is 1. The van der Waals surface area contributed by atoms with Crippen LogP contribution in [-0.4, -0.2) is 17.1 Å². The first-order valence-corrected chi connectivity index (χ1v) is 5.01. The first-order chi connectivity index (χ1) is 7.72. The highest BCUT2D eigenvalue weighted by atomic mass is 32.1. The second-order valence-electron chi connectivity index (χ2n) is 3.13. The molecular weight excluding hydrogens is 227 g/mol. The zero-order valence-corrected chi connectivity index (χ0v) is 9.34. The van der Waals surface area contributed by atoms with E-state index in [0.717, 1.165) is 0 Å². The first-order valence-electron chi connectivity index (χ1n) is 4.60. The van der Waals surface area contributed by atoms with Gasteiger partial charge < -0.3 is 9.72 Å². The van der Waals surface area contributed by atoms with Crippen LogP contribution in [0, 0.1) is 10.5 Å². The number of ether oxygens (including phenoxy) is 1. The molecule has 5 heteroatoms. The van der Waals surface area contributed by atoms with Crippen LogP contribution in [0.3, 0.4) is 0 Å². The van der Waals surface area contributed by atoms with Gasteiger partial charge in [0.2, 0.25) is 0 Å². The van der Waals surface area contributed by atoms with Crippen LogP contribution in [0.5, 0.6) is 5.75 Å². The second kappa shape index (κ2) is 4.40. The van der Waals surface area contributed by atoms with Gasteiger partial charge in [-0.15, -0.1) is 0 Å². The van der Waals surface area contributed by atoms with Crippen molar-refractivity contribution in [2.75, 3.05) is 7.11 Å². The normalized spacial score (nSPS) is 10.1. The minimum atomic E-state index is -0.310. The molecule has 2 rings (SSSR count). The molecule has 0 spiro atoms. The molecule has 1 N–H and O–H groups in total. The standard InChI is InChI=1S/C11H9FN2OS/c1-15-10-9(13-6-14-11(10)16)7-3-2-4-8(12)5-7/h2-6H,1H3,(H,13,14,16). The number of hydrogen-bond acceptors (Lipinski definition) is 3. The summed E-state index contributed by atoms with van der Waals surface area (Å²) in [5.74, 6) is 0.138. The molecule has 2 aromatic rings. The first kappa shape index (κ1) is 10.8. The van der Waals surface area contributed by atoms with Gasteiger partial charge in [0.05, 0.1) is 19.1 Å². The average Bonchev–Trinajstić information content (AvgIpc) is 2.28. The van der Waals surface area contributed by atoms with Crippen LogP contribution in [0.15, 0.2) is 30.6 Å². The van der Waals surface area contributed by atoms with Crippen LogP contribution < -0.4 is 4.74 Å². The lowest BCUT2D eigenvalue weighted by Crippen LogP contribution is -1.94. The lowest BCUT2D eigenvalue weighted by molar-refractivity contribution is 0.410. The van der Waals surface area contributed by atoms with Gasteiger partial charge in [-0.05, 0) is 12.1 Å². The smallest absolute Gasteiger partial charge is 0.179 e. The van der Waals surface area contributed by atoms with Crippen LogP contribution in [0.1, 0.15) is 0 Å². The number of aromatic nitrogens is 2. The summed E-state index contributed by atoms with van der Waals surface area (Å²) >= 11 is 5.02. The molecule has 0 aliphatic heterocycles. The van der Waals surface area contributed by atoms with Crippen molar-refractivity contribution in [1.82, 2.24) is 9.97 Å². The molecule has 0 bridgehead atoms. The summed E-state index contributed by atoms with van der Waals surface area (Å²) in [4.78, 5) is 6.80. The third kappa shape index (κ3) is 1.94. The molecule has 82 valence electrons. The van der Waals surface area contributed by atoms with E-state index in [4.69, 9.17) is 17.0 Å². The predicted octanol–water partition coefficient (Wildman–Crippen LogP) is 2.95. The van der Waals surface area contributed by atoms with E-state index in [9.17, 15) is 4.39 Å². The van der Waals surface area contributed by atoms with Crippen LogP contribution in [-0.2, 0) is 0 Å². The van der Waals surface area contributed by atoms with Gasteiger partial charge in [-0.3, -0.25) is 0 Å². The number of nitrogens with zero attached hydrogens (tertiary/aromatic N) is 1. The highest BCUT2D eigenvalue weighted by molar-refractivity contribution is 7.71. The Morgan fingerprint density at radius 2 is 2.25 bits per heavy atom. The quantitative estimate of drug-likeness (QED) is 0.815. The van der Waals surface area contributed by atoms with E-state index in [2.05, 4.69) is 9.97 Å². The highest BCUT2D eigenvalue weighted by Gasteiger charge is 2.08. The maximum atomic E-state index is 13.1. The molecular formula is C11H9FN2OS. The Kier molecular flexibility index (Phi) is 2.96. The van der Waals surface area contributed by atoms with Gasteiger partial charge in [-0.1, -0.05) is 24.4 Å². The lowest BCUT2D eigenvalue weighted by atomic mass is 10.1. The van der Waals surface area contributed by atoms with Gasteiger partial charge in [0.25, 0.3) is 0 Å². The van der Waals surface area contributed by atoms with Crippen LogP contribution in [0.2, 0.25) is 0 Å². The molecule has 0 aliphatic rings. The predicted molar refractivity (Wildman–Crippen MR) is 61.4 cm³/mol. The largest absolute Gasteiger partial charge is 0.491 e. The summed E-state index contributed by atoms with van der Waals surface area (Å²) in [6, 6.07) is 6.18. The third-order valence-corrected chi connectivity index (χ3v) is 2.42. The molecule has 0 amide bonds. The minimum absolute atomic E-state index is 0.310. The maximum Gasteiger partial charge on any atom is 0.179 e. The molecule has 0 fully saturated rings. The minimum Gasteiger partial charge on any atom is -0.491 e. The number of hydrogen-bond donors (Lipinski definition) is 1. The number of aromatic amines is 1. The molecule has 0 aliphatic carbocycles. The Morgan fingerprint density at radius 3 is 2.94 bits per heavy atom. The van der Waals surface area contributed by atoms with Crippen molar-refractivity contribution in [2.24, 2.45) is 0 Å². The summed E-state index contributed by atoms with van der Waals surface area (Å²) in [7, 11) is 1.50. The molecule has 1 aromatic carbocycles. The Morgan fingerprint density at radius 1 is 1.44 bits per heavy atom. The van der Waals surface area contributed by atoms with Gasteiger partial charge in [0.1, 0.15) is 5.82 Å². The van der Waals surface area contributed by atoms with Crippen LogP contribution in [0.4, 0.5) is 4.39 Å². The monoisotopic (exact) mass is 236 g/mol. The Bertz CT molecular complexity index is 568. The number of methoxy groups -OCH3 is 1. The average molecular weight is 236 g/mol. The van der Waals surface area contributed by atoms with E-state index in [1.54, 1.807) is 12.1 Å². The Hall–Kier alpha value is -1.75. The Labute approximate surface area is 96.9 Å². The number of halogens is 1. The maximum absolute atomic E-state index is 13.1. The molecule has 0 unspecified atom stereocenters. The Balaban J connectivity index is 2.64. The second-order valence-corrected chi connectivity index (χ2v) is 3.51. The number of H-pyrrole nitrogens is 1. The van der Waals surface area contributed by atoms with E-state index in [0.29, 0.717) is 21.6 Å². The van der Waals surface area contributed by atoms with Gasteiger partial charge in [0, 0.05) is 5.56 Å². The molecule has 0 radical (unpaired) electrons. The number of rotatable bonds is 2. The van der Waals surface area contributed by atoms with Gasteiger partial charge in [-0.2, -0.15) is 0 Å². The third-order valence-electron chi connectivity index (χ3n) is 2.13. The summed E-state index contributed by atoms with van der Waals surface area (Å²) in [5, 5.41) is 0. The summed E-state index contributed by atoms with van der Waals surface area (Å²) < 4.78 is 18.6. The zero-order valence-electron chi connectivity index (χ0n) is 8.53. The van der Waals surface area contributed by atoms with Crippen molar-refractivity contribution in [1.29, 1.82) is 0 Å². The molecule has 3 nitrogen and oxygen atoms in total. The summed E-state index contributed by atoms with van der Waals surface area (Å²) in [6.07, 6.45) is 1.46. The fraction of sp³-hybridized carbons (Fsp3) is 0.0909. The van der Waals surface area contributed by atoms with Crippen LogP contribution in [0.25, 0.3) is 11.3 Å². The molecule has 0 saturated carbocycles. The molecule has 1 heterocycles. The SMILES string of the molecule is COc1c(-c2cccc(F)c2)[nH]cnc1=S. The van der Waals surface area contributed by atoms with E-state index in [-0.39, 0.29) is 5.82 Å². The van der Waals surface area contributed by atoms with Crippen molar-refractivity contribution in [3.63, 3.8) is 0 Å². The highest BCUT2D eigenvalue weighted by Crippen LogP contribution is 2.27. The lowest BCUT2D eigenvalue weighted by Gasteiger charge is -2.07. The fourth-order valence-corrected chi connectivity index (χ4v) is 1.67. The van der Waals surface area contributed by atoms with Crippen molar-refractivity contribution in [2.45, 2.75) is 0 Å². The summed E-state index contributed by atoms with van der Waals surface area (Å²) in [6.45, 7) is 0.